The molecule has 0 amide bonds. The standard InChI is InChI=1S/C55H94O6/c1-4-7-10-13-16-19-22-24-26-27-28-29-31-33-36-39-42-45-48-54(57)60-51-52(50-59-53(56)47-44-41-38-35-32-21-18-15-12-9-6-3)61-55(58)49-46-43-40-37-34-30-25-23-20-17-14-11-8-5-2/h8,11,15,17-18,20-21,25,28-30,32,52H,4-7,9-10,12-14,16,19,22-24,26-27,31,33-51H2,1-3H3/b11-8-,18-15-,20-17-,29-28-,30-25-,32-21-. The molecule has 0 aromatic rings. The lowest BCUT2D eigenvalue weighted by atomic mass is 10.1. The molecular weight excluding hydrogens is 757 g/mol. The molecule has 0 aliphatic rings. The van der Waals surface area contributed by atoms with Gasteiger partial charge in [-0.15, -0.1) is 0 Å². The molecule has 0 rings (SSSR count). The molecule has 61 heavy (non-hydrogen) atoms. The van der Waals surface area contributed by atoms with Crippen molar-refractivity contribution in [1.29, 1.82) is 0 Å². The van der Waals surface area contributed by atoms with Crippen LogP contribution in [0.15, 0.2) is 72.9 Å². The summed E-state index contributed by atoms with van der Waals surface area (Å²) in [6.07, 6.45) is 61.8. The van der Waals surface area contributed by atoms with Crippen molar-refractivity contribution in [2.24, 2.45) is 0 Å². The maximum atomic E-state index is 12.8. The second-order valence-corrected chi connectivity index (χ2v) is 16.7. The van der Waals surface area contributed by atoms with E-state index in [1.165, 1.54) is 89.9 Å². The van der Waals surface area contributed by atoms with Gasteiger partial charge in [-0.1, -0.05) is 196 Å². The van der Waals surface area contributed by atoms with Crippen molar-refractivity contribution in [2.75, 3.05) is 13.2 Å². The van der Waals surface area contributed by atoms with E-state index in [2.05, 4.69) is 93.7 Å². The summed E-state index contributed by atoms with van der Waals surface area (Å²) < 4.78 is 16.7. The number of rotatable bonds is 45. The Kier molecular flexibility index (Phi) is 46.9. The molecule has 0 spiro atoms. The Morgan fingerprint density at radius 1 is 0.361 bits per heavy atom. The van der Waals surface area contributed by atoms with E-state index in [0.29, 0.717) is 19.3 Å². The molecule has 0 N–H and O–H groups in total. The first-order valence-electron chi connectivity index (χ1n) is 25.5. The zero-order valence-corrected chi connectivity index (χ0v) is 39.9. The summed E-state index contributed by atoms with van der Waals surface area (Å²) in [5, 5.41) is 0. The maximum Gasteiger partial charge on any atom is 0.306 e. The van der Waals surface area contributed by atoms with E-state index in [4.69, 9.17) is 14.2 Å². The highest BCUT2D eigenvalue weighted by molar-refractivity contribution is 5.71. The second kappa shape index (κ2) is 49.5. The van der Waals surface area contributed by atoms with Gasteiger partial charge in [0.2, 0.25) is 0 Å². The van der Waals surface area contributed by atoms with Gasteiger partial charge in [-0.25, -0.2) is 0 Å². The highest BCUT2D eigenvalue weighted by atomic mass is 16.6. The maximum absolute atomic E-state index is 12.8. The first-order chi connectivity index (χ1) is 30.0. The van der Waals surface area contributed by atoms with Crippen molar-refractivity contribution in [1.82, 2.24) is 0 Å². The van der Waals surface area contributed by atoms with Crippen molar-refractivity contribution in [3.8, 4) is 0 Å². The quantitative estimate of drug-likeness (QED) is 0.0200. The van der Waals surface area contributed by atoms with E-state index in [-0.39, 0.29) is 31.1 Å². The molecule has 6 nitrogen and oxygen atoms in total. The van der Waals surface area contributed by atoms with Crippen LogP contribution in [0.5, 0.6) is 0 Å². The largest absolute Gasteiger partial charge is 0.462 e. The molecule has 0 aromatic carbocycles. The van der Waals surface area contributed by atoms with Crippen LogP contribution >= 0.6 is 0 Å². The lowest BCUT2D eigenvalue weighted by Gasteiger charge is -2.18. The fourth-order valence-corrected chi connectivity index (χ4v) is 6.84. The molecule has 0 aliphatic carbocycles. The Morgan fingerprint density at radius 2 is 0.705 bits per heavy atom. The van der Waals surface area contributed by atoms with Crippen molar-refractivity contribution in [2.45, 2.75) is 245 Å². The monoisotopic (exact) mass is 851 g/mol. The molecule has 1 unspecified atom stereocenters. The zero-order chi connectivity index (χ0) is 44.4. The van der Waals surface area contributed by atoms with Gasteiger partial charge in [-0.2, -0.15) is 0 Å². The highest BCUT2D eigenvalue weighted by Gasteiger charge is 2.19. The Hall–Kier alpha value is -3.15. The Morgan fingerprint density at radius 3 is 1.18 bits per heavy atom. The summed E-state index contributed by atoms with van der Waals surface area (Å²) in [7, 11) is 0. The molecule has 1 atom stereocenters. The smallest absolute Gasteiger partial charge is 0.306 e. The normalized spacial score (nSPS) is 12.6. The number of carbonyl (C=O) groups is 3. The molecule has 0 bridgehead atoms. The molecule has 6 heteroatoms. The second-order valence-electron chi connectivity index (χ2n) is 16.7. The van der Waals surface area contributed by atoms with E-state index in [9.17, 15) is 14.4 Å². The summed E-state index contributed by atoms with van der Waals surface area (Å²) in [6.45, 7) is 6.42. The van der Waals surface area contributed by atoms with Crippen molar-refractivity contribution in [3.05, 3.63) is 72.9 Å². The first-order valence-corrected chi connectivity index (χ1v) is 25.5. The Balaban J connectivity index is 4.41. The van der Waals surface area contributed by atoms with Gasteiger partial charge in [0.05, 0.1) is 0 Å². The van der Waals surface area contributed by atoms with Gasteiger partial charge in [-0.3, -0.25) is 14.4 Å². The number of carbonyl (C=O) groups excluding carboxylic acids is 3. The van der Waals surface area contributed by atoms with Gasteiger partial charge in [0.1, 0.15) is 13.2 Å². The van der Waals surface area contributed by atoms with Gasteiger partial charge < -0.3 is 14.2 Å². The van der Waals surface area contributed by atoms with E-state index in [1.807, 2.05) is 0 Å². The van der Waals surface area contributed by atoms with E-state index < -0.39 is 6.10 Å². The highest BCUT2D eigenvalue weighted by Crippen LogP contribution is 2.14. The topological polar surface area (TPSA) is 78.9 Å². The molecule has 0 heterocycles. The van der Waals surface area contributed by atoms with E-state index in [1.54, 1.807) is 0 Å². The molecule has 0 fully saturated rings. The van der Waals surface area contributed by atoms with E-state index >= 15 is 0 Å². The minimum absolute atomic E-state index is 0.0978. The SMILES string of the molecule is CC/C=C\C/C=C\C/C=C\CCCCCCC(=O)OC(COC(=O)CCCCC/C=C\C=C/CCCC)COC(=O)CCCCCCC/C=C\CCCCCCCCCCC. The fourth-order valence-electron chi connectivity index (χ4n) is 6.84. The Bertz CT molecular complexity index is 1160. The third kappa shape index (κ3) is 47.7. The van der Waals surface area contributed by atoms with Crippen molar-refractivity contribution >= 4 is 17.9 Å². The summed E-state index contributed by atoms with van der Waals surface area (Å²) >= 11 is 0. The van der Waals surface area contributed by atoms with Gasteiger partial charge >= 0.3 is 17.9 Å². The third-order valence-corrected chi connectivity index (χ3v) is 10.7. The lowest BCUT2D eigenvalue weighted by molar-refractivity contribution is -0.167. The fraction of sp³-hybridized carbons (Fsp3) is 0.727. The number of esters is 3. The number of hydrogen-bond acceptors (Lipinski definition) is 6. The molecule has 0 radical (unpaired) electrons. The van der Waals surface area contributed by atoms with Crippen molar-refractivity contribution < 1.29 is 28.6 Å². The number of unbranched alkanes of at least 4 members (excludes halogenated alkanes) is 23. The van der Waals surface area contributed by atoms with Crippen LogP contribution in [0.1, 0.15) is 239 Å². The van der Waals surface area contributed by atoms with Crippen molar-refractivity contribution in [3.63, 3.8) is 0 Å². The number of ether oxygens (including phenoxy) is 3. The predicted octanol–water partition coefficient (Wildman–Crippen LogP) is 16.6. The zero-order valence-electron chi connectivity index (χ0n) is 39.9. The van der Waals surface area contributed by atoms with Crippen LogP contribution in [-0.2, 0) is 28.6 Å². The van der Waals surface area contributed by atoms with Crippen LogP contribution in [0.4, 0.5) is 0 Å². The first kappa shape index (κ1) is 57.9. The van der Waals surface area contributed by atoms with Gasteiger partial charge in [0, 0.05) is 19.3 Å². The van der Waals surface area contributed by atoms with Gasteiger partial charge in [0.15, 0.2) is 6.10 Å². The van der Waals surface area contributed by atoms with Crippen LogP contribution in [-0.4, -0.2) is 37.2 Å². The van der Waals surface area contributed by atoms with Crippen LogP contribution < -0.4 is 0 Å². The Labute approximate surface area is 376 Å². The minimum atomic E-state index is -0.800. The number of hydrogen-bond donors (Lipinski definition) is 0. The molecule has 0 saturated carbocycles. The molecule has 350 valence electrons. The minimum Gasteiger partial charge on any atom is -0.462 e. The molecule has 0 saturated heterocycles. The average molecular weight is 851 g/mol. The van der Waals surface area contributed by atoms with Crippen LogP contribution in [0.2, 0.25) is 0 Å². The van der Waals surface area contributed by atoms with Crippen LogP contribution in [0.25, 0.3) is 0 Å². The summed E-state index contributed by atoms with van der Waals surface area (Å²) in [5.41, 5.74) is 0. The molecule has 0 aromatic heterocycles. The van der Waals surface area contributed by atoms with Gasteiger partial charge in [-0.05, 0) is 96.3 Å². The average Bonchev–Trinajstić information content (AvgIpc) is 3.26. The third-order valence-electron chi connectivity index (χ3n) is 10.7. The molecule has 0 aliphatic heterocycles. The van der Waals surface area contributed by atoms with Crippen LogP contribution in [0.3, 0.4) is 0 Å². The summed E-state index contributed by atoms with van der Waals surface area (Å²) in [4.78, 5) is 37.9. The van der Waals surface area contributed by atoms with Gasteiger partial charge in [0.25, 0.3) is 0 Å². The van der Waals surface area contributed by atoms with Crippen LogP contribution in [0, 0.1) is 0 Å². The lowest BCUT2D eigenvalue weighted by Crippen LogP contribution is -2.30. The molecular formula is C55H94O6. The number of allylic oxidation sites excluding steroid dienone is 12. The predicted molar refractivity (Wildman–Crippen MR) is 261 cm³/mol. The summed E-state index contributed by atoms with van der Waals surface area (Å²) in [5.74, 6) is -0.957. The summed E-state index contributed by atoms with van der Waals surface area (Å²) in [6, 6.07) is 0. The van der Waals surface area contributed by atoms with E-state index in [0.717, 1.165) is 109 Å².